The summed E-state index contributed by atoms with van der Waals surface area (Å²) in [4.78, 5) is 0. The van der Waals surface area contributed by atoms with E-state index < -0.39 is 0 Å². The molecule has 62 valence electrons. The van der Waals surface area contributed by atoms with Gasteiger partial charge in [0.05, 0.1) is 5.69 Å². The van der Waals surface area contributed by atoms with Crippen molar-refractivity contribution in [2.45, 2.75) is 6.92 Å². The number of fused-ring (bicyclic) bond motifs is 1. The van der Waals surface area contributed by atoms with Crippen LogP contribution < -0.4 is 9.79 Å². The normalized spacial score (nSPS) is 10.8. The predicted octanol–water partition coefficient (Wildman–Crippen LogP) is -1.06. The van der Waals surface area contributed by atoms with Gasteiger partial charge in [-0.25, -0.2) is 0 Å². The zero-order valence-electron chi connectivity index (χ0n) is 6.85. The smallest absolute Gasteiger partial charge is 0.320 e. The second kappa shape index (κ2) is 2.17. The largest absolute Gasteiger partial charge is 0.867 e. The molecule has 2 aromatic rings. The first kappa shape index (κ1) is 7.02. The molecule has 0 fully saturated rings. The van der Waals surface area contributed by atoms with Gasteiger partial charge in [-0.15, -0.1) is 4.68 Å². The Kier molecular flexibility index (Phi) is 1.27. The van der Waals surface area contributed by atoms with Gasteiger partial charge in [0, 0.05) is 0 Å². The van der Waals surface area contributed by atoms with E-state index in [2.05, 4.69) is 10.2 Å². The third-order valence-corrected chi connectivity index (χ3v) is 1.68. The van der Waals surface area contributed by atoms with E-state index in [9.17, 15) is 5.11 Å². The fourth-order valence-electron chi connectivity index (χ4n) is 1.18. The van der Waals surface area contributed by atoms with Crippen LogP contribution >= 0.6 is 0 Å². The first-order valence-corrected chi connectivity index (χ1v) is 3.57. The molecule has 0 aliphatic heterocycles. The average Bonchev–Trinajstić information content (AvgIpc) is 2.31. The van der Waals surface area contributed by atoms with Crippen molar-refractivity contribution >= 4 is 5.65 Å². The highest BCUT2D eigenvalue weighted by Gasteiger charge is 2.09. The minimum absolute atomic E-state index is 0.0532. The Morgan fingerprint density at radius 3 is 3.08 bits per heavy atom. The summed E-state index contributed by atoms with van der Waals surface area (Å²) in [6.07, 6.45) is 1.52. The predicted molar refractivity (Wildman–Crippen MR) is 38.3 cm³/mol. The minimum atomic E-state index is -0.0532. The lowest BCUT2D eigenvalue weighted by Crippen LogP contribution is -2.31. The van der Waals surface area contributed by atoms with E-state index in [1.54, 1.807) is 14.0 Å². The van der Waals surface area contributed by atoms with Gasteiger partial charge in [-0.1, -0.05) is 9.61 Å². The summed E-state index contributed by atoms with van der Waals surface area (Å²) in [6.45, 7) is 1.78. The molecule has 0 unspecified atom stereocenters. The van der Waals surface area contributed by atoms with E-state index in [4.69, 9.17) is 0 Å². The molecular weight excluding hydrogens is 156 g/mol. The van der Waals surface area contributed by atoms with E-state index in [0.29, 0.717) is 11.3 Å². The third kappa shape index (κ3) is 0.827. The number of hydrogen-bond donors (Lipinski definition) is 0. The third-order valence-electron chi connectivity index (χ3n) is 1.68. The number of aromatic nitrogens is 4. The van der Waals surface area contributed by atoms with Crippen LogP contribution in [-0.2, 0) is 7.05 Å². The number of nitrogens with zero attached hydrogens (tertiary/aromatic N) is 4. The summed E-state index contributed by atoms with van der Waals surface area (Å²) < 4.78 is 2.99. The first-order valence-electron chi connectivity index (χ1n) is 3.57. The van der Waals surface area contributed by atoms with E-state index in [1.807, 2.05) is 0 Å². The van der Waals surface area contributed by atoms with Gasteiger partial charge in [-0.2, -0.15) is 0 Å². The van der Waals surface area contributed by atoms with Crippen LogP contribution in [0.2, 0.25) is 0 Å². The first-order chi connectivity index (χ1) is 5.68. The molecule has 5 heteroatoms. The molecule has 0 radical (unpaired) electrons. The Balaban J connectivity index is 2.93. The second-order valence-corrected chi connectivity index (χ2v) is 2.67. The van der Waals surface area contributed by atoms with Crippen molar-refractivity contribution in [3.8, 4) is 5.75 Å². The van der Waals surface area contributed by atoms with Gasteiger partial charge in [-0.3, -0.25) is 0 Å². The molecule has 2 heterocycles. The van der Waals surface area contributed by atoms with Crippen LogP contribution in [-0.4, -0.2) is 14.7 Å². The van der Waals surface area contributed by atoms with Gasteiger partial charge in [0.25, 0.3) is 6.33 Å². The maximum Gasteiger partial charge on any atom is 0.320 e. The fourth-order valence-corrected chi connectivity index (χ4v) is 1.18. The molecule has 0 bridgehead atoms. The zero-order chi connectivity index (χ0) is 8.72. The van der Waals surface area contributed by atoms with Crippen LogP contribution in [0, 0.1) is 6.92 Å². The summed E-state index contributed by atoms with van der Waals surface area (Å²) in [6, 6.07) is 1.50. The fraction of sp³-hybridized carbons (Fsp3) is 0.286. The van der Waals surface area contributed by atoms with Crippen molar-refractivity contribution in [2.75, 3.05) is 0 Å². The molecule has 0 aromatic carbocycles. The molecule has 0 saturated heterocycles. The Hall–Kier alpha value is -1.65. The summed E-state index contributed by atoms with van der Waals surface area (Å²) >= 11 is 0. The van der Waals surface area contributed by atoms with E-state index in [-0.39, 0.29) is 5.75 Å². The molecule has 12 heavy (non-hydrogen) atoms. The highest BCUT2D eigenvalue weighted by atomic mass is 16.3. The number of rotatable bonds is 0. The topological polar surface area (TPSA) is 57.1 Å². The lowest BCUT2D eigenvalue weighted by Gasteiger charge is -2.01. The van der Waals surface area contributed by atoms with Gasteiger partial charge >= 0.3 is 5.65 Å². The zero-order valence-corrected chi connectivity index (χ0v) is 6.85. The molecule has 2 rings (SSSR count). The van der Waals surface area contributed by atoms with E-state index >= 15 is 0 Å². The van der Waals surface area contributed by atoms with Gasteiger partial charge < -0.3 is 5.11 Å². The Morgan fingerprint density at radius 2 is 2.33 bits per heavy atom. The molecule has 0 aliphatic rings. The monoisotopic (exact) mass is 164 g/mol. The minimum Gasteiger partial charge on any atom is -0.867 e. The average molecular weight is 164 g/mol. The molecule has 2 aromatic heterocycles. The van der Waals surface area contributed by atoms with Crippen LogP contribution in [0.1, 0.15) is 5.69 Å². The molecule has 5 nitrogen and oxygen atoms in total. The lowest BCUT2D eigenvalue weighted by molar-refractivity contribution is -0.705. The maximum absolute atomic E-state index is 11.4. The molecule has 0 N–H and O–H groups in total. The van der Waals surface area contributed by atoms with E-state index in [0.717, 1.165) is 0 Å². The van der Waals surface area contributed by atoms with Crippen molar-refractivity contribution in [1.29, 1.82) is 0 Å². The van der Waals surface area contributed by atoms with Crippen LogP contribution in [0.4, 0.5) is 0 Å². The van der Waals surface area contributed by atoms with Crippen LogP contribution in [0.15, 0.2) is 12.4 Å². The van der Waals surface area contributed by atoms with Crippen molar-refractivity contribution in [3.63, 3.8) is 0 Å². The summed E-state index contributed by atoms with van der Waals surface area (Å²) in [7, 11) is 1.72. The second-order valence-electron chi connectivity index (χ2n) is 2.67. The Morgan fingerprint density at radius 1 is 1.58 bits per heavy atom. The van der Waals surface area contributed by atoms with Crippen LogP contribution in [0.3, 0.4) is 0 Å². The molecule has 0 spiro atoms. The lowest BCUT2D eigenvalue weighted by atomic mass is 10.4. The van der Waals surface area contributed by atoms with Crippen LogP contribution in [0.25, 0.3) is 5.65 Å². The van der Waals surface area contributed by atoms with Gasteiger partial charge in [0.1, 0.15) is 7.05 Å². The Bertz CT molecular complexity index is 434. The van der Waals surface area contributed by atoms with Gasteiger partial charge in [0.2, 0.25) is 0 Å². The molecular formula is C7H8N4O. The van der Waals surface area contributed by atoms with Gasteiger partial charge in [-0.05, 0) is 23.8 Å². The summed E-state index contributed by atoms with van der Waals surface area (Å²) in [5.41, 5.74) is 1.19. The summed E-state index contributed by atoms with van der Waals surface area (Å²) in [5, 5.41) is 19.4. The van der Waals surface area contributed by atoms with Crippen LogP contribution in [0.5, 0.6) is 5.75 Å². The molecule has 0 atom stereocenters. The maximum atomic E-state index is 11.4. The molecule has 0 aliphatic carbocycles. The van der Waals surface area contributed by atoms with Crippen molar-refractivity contribution in [2.24, 2.45) is 7.05 Å². The highest BCUT2D eigenvalue weighted by molar-refractivity contribution is 5.45. The number of aryl methyl sites for hydroxylation is 2. The van der Waals surface area contributed by atoms with E-state index in [1.165, 1.54) is 21.6 Å². The van der Waals surface area contributed by atoms with Crippen molar-refractivity contribution < 1.29 is 9.79 Å². The highest BCUT2D eigenvalue weighted by Crippen LogP contribution is 2.09. The number of hydrogen-bond acceptors (Lipinski definition) is 3. The van der Waals surface area contributed by atoms with Gasteiger partial charge in [0.15, 0.2) is 0 Å². The quantitative estimate of drug-likeness (QED) is 0.466. The molecule has 0 saturated carbocycles. The van der Waals surface area contributed by atoms with Crippen molar-refractivity contribution in [3.05, 3.63) is 18.1 Å². The Labute approximate surface area is 68.9 Å². The summed E-state index contributed by atoms with van der Waals surface area (Å²) in [5.74, 6) is -0.0532. The standard InChI is InChI=1S/C7H8N4O/c1-5-3-6(12)7-10(2)8-4-11(7)9-5/h3-4H,1-2H3. The molecule has 0 amide bonds. The van der Waals surface area contributed by atoms with Crippen molar-refractivity contribution in [1.82, 2.24) is 14.7 Å². The SMILES string of the molecule is Cc1cc([O-])c2n(cn[n+]2C)n1.